The van der Waals surface area contributed by atoms with Gasteiger partial charge >= 0.3 is 6.18 Å². The van der Waals surface area contributed by atoms with E-state index in [1.54, 1.807) is 6.92 Å². The Bertz CT molecular complexity index is 343. The fourth-order valence-corrected chi connectivity index (χ4v) is 1.47. The first-order valence-corrected chi connectivity index (χ1v) is 6.49. The van der Waals surface area contributed by atoms with Crippen LogP contribution >= 0.6 is 0 Å². The molecule has 0 aliphatic rings. The molecule has 0 rings (SSSR count). The predicted octanol–water partition coefficient (Wildman–Crippen LogP) is 1.03. The van der Waals surface area contributed by atoms with Crippen molar-refractivity contribution in [1.82, 2.24) is 10.2 Å². The van der Waals surface area contributed by atoms with Gasteiger partial charge in [0.1, 0.15) is 0 Å². The Morgan fingerprint density at radius 3 is 2.15 bits per heavy atom. The van der Waals surface area contributed by atoms with Crippen LogP contribution in [-0.2, 0) is 9.59 Å². The second-order valence-corrected chi connectivity index (χ2v) is 4.78. The van der Waals surface area contributed by atoms with Crippen LogP contribution < -0.4 is 11.1 Å². The SMILES string of the molecule is CCCNC(=O)CN(CCC)C(=O)C(C)(N)C(F)(F)F. The van der Waals surface area contributed by atoms with Crippen molar-refractivity contribution < 1.29 is 22.8 Å². The molecule has 0 spiro atoms. The average Bonchev–Trinajstić information content (AvgIpc) is 2.33. The number of hydrogen-bond donors (Lipinski definition) is 2. The number of carbonyl (C=O) groups is 2. The summed E-state index contributed by atoms with van der Waals surface area (Å²) in [6.07, 6.45) is -3.73. The summed E-state index contributed by atoms with van der Waals surface area (Å²) in [5.41, 5.74) is 2.10. The number of alkyl halides is 3. The standard InChI is InChI=1S/C12H22F3N3O2/c1-4-6-17-9(19)8-18(7-5-2)10(20)11(3,16)12(13,14)15/h4-8,16H2,1-3H3,(H,17,19). The van der Waals surface area contributed by atoms with Crippen molar-refractivity contribution in [3.63, 3.8) is 0 Å². The summed E-state index contributed by atoms with van der Waals surface area (Å²) in [6, 6.07) is 0. The largest absolute Gasteiger partial charge is 0.415 e. The molecule has 0 aliphatic heterocycles. The second-order valence-electron chi connectivity index (χ2n) is 4.78. The lowest BCUT2D eigenvalue weighted by atomic mass is 10.0. The number of nitrogens with two attached hydrogens (primary N) is 1. The maximum absolute atomic E-state index is 12.8. The second kappa shape index (κ2) is 7.47. The van der Waals surface area contributed by atoms with E-state index in [9.17, 15) is 22.8 Å². The summed E-state index contributed by atoms with van der Waals surface area (Å²) in [4.78, 5) is 24.3. The molecule has 0 heterocycles. The van der Waals surface area contributed by atoms with E-state index in [0.717, 1.165) is 4.90 Å². The summed E-state index contributed by atoms with van der Waals surface area (Å²) in [5.74, 6) is -1.79. The van der Waals surface area contributed by atoms with E-state index in [1.807, 2.05) is 6.92 Å². The topological polar surface area (TPSA) is 75.4 Å². The van der Waals surface area contributed by atoms with Gasteiger partial charge in [0, 0.05) is 13.1 Å². The third-order valence-corrected chi connectivity index (χ3v) is 2.72. The van der Waals surface area contributed by atoms with Gasteiger partial charge in [-0.2, -0.15) is 13.2 Å². The van der Waals surface area contributed by atoms with E-state index in [0.29, 0.717) is 26.3 Å². The van der Waals surface area contributed by atoms with Crippen LogP contribution in [0, 0.1) is 0 Å². The highest BCUT2D eigenvalue weighted by atomic mass is 19.4. The van der Waals surface area contributed by atoms with Crippen LogP contribution in [-0.4, -0.2) is 48.1 Å². The van der Waals surface area contributed by atoms with Crippen LogP contribution in [0.5, 0.6) is 0 Å². The van der Waals surface area contributed by atoms with Gasteiger partial charge in [-0.3, -0.25) is 9.59 Å². The number of nitrogens with zero attached hydrogens (tertiary/aromatic N) is 1. The lowest BCUT2D eigenvalue weighted by Crippen LogP contribution is -2.63. The van der Waals surface area contributed by atoms with Crippen molar-refractivity contribution in [2.24, 2.45) is 5.73 Å². The zero-order valence-corrected chi connectivity index (χ0v) is 12.0. The first-order chi connectivity index (χ1) is 9.07. The molecular formula is C12H22F3N3O2. The number of carbonyl (C=O) groups excluding carboxylic acids is 2. The highest BCUT2D eigenvalue weighted by Crippen LogP contribution is 2.29. The van der Waals surface area contributed by atoms with E-state index in [4.69, 9.17) is 5.73 Å². The summed E-state index contributed by atoms with van der Waals surface area (Å²) < 4.78 is 38.3. The van der Waals surface area contributed by atoms with Gasteiger partial charge in [-0.1, -0.05) is 13.8 Å². The van der Waals surface area contributed by atoms with Gasteiger partial charge in [0.2, 0.25) is 5.91 Å². The maximum Gasteiger partial charge on any atom is 0.415 e. The van der Waals surface area contributed by atoms with Crippen molar-refractivity contribution in [3.8, 4) is 0 Å². The third-order valence-electron chi connectivity index (χ3n) is 2.72. The highest BCUT2D eigenvalue weighted by molar-refractivity contribution is 5.90. The molecule has 0 bridgehead atoms. The molecule has 0 aromatic heterocycles. The first-order valence-electron chi connectivity index (χ1n) is 6.49. The van der Waals surface area contributed by atoms with E-state index in [2.05, 4.69) is 5.32 Å². The number of nitrogens with one attached hydrogen (secondary N) is 1. The molecule has 1 atom stereocenters. The Balaban J connectivity index is 4.91. The Morgan fingerprint density at radius 2 is 1.75 bits per heavy atom. The number of rotatable bonds is 7. The molecule has 5 nitrogen and oxygen atoms in total. The predicted molar refractivity (Wildman–Crippen MR) is 68.8 cm³/mol. The molecule has 0 saturated carbocycles. The van der Waals surface area contributed by atoms with Gasteiger partial charge < -0.3 is 16.0 Å². The van der Waals surface area contributed by atoms with Gasteiger partial charge in [0.05, 0.1) is 6.54 Å². The summed E-state index contributed by atoms with van der Waals surface area (Å²) in [6.45, 7) is 4.19. The summed E-state index contributed by atoms with van der Waals surface area (Å²) in [7, 11) is 0. The molecule has 8 heteroatoms. The monoisotopic (exact) mass is 297 g/mol. The zero-order chi connectivity index (χ0) is 16.0. The van der Waals surface area contributed by atoms with E-state index < -0.39 is 30.1 Å². The quantitative estimate of drug-likeness (QED) is 0.737. The molecule has 20 heavy (non-hydrogen) atoms. The molecular weight excluding hydrogens is 275 g/mol. The van der Waals surface area contributed by atoms with Gasteiger partial charge in [-0.05, 0) is 19.8 Å². The smallest absolute Gasteiger partial charge is 0.355 e. The lowest BCUT2D eigenvalue weighted by Gasteiger charge is -2.32. The zero-order valence-electron chi connectivity index (χ0n) is 12.0. The van der Waals surface area contributed by atoms with Crippen molar-refractivity contribution in [2.75, 3.05) is 19.6 Å². The van der Waals surface area contributed by atoms with Crippen molar-refractivity contribution >= 4 is 11.8 Å². The lowest BCUT2D eigenvalue weighted by molar-refractivity contribution is -0.194. The molecule has 0 radical (unpaired) electrons. The van der Waals surface area contributed by atoms with E-state index in [1.165, 1.54) is 0 Å². The molecule has 118 valence electrons. The Kier molecular flexibility index (Phi) is 6.98. The molecule has 0 saturated heterocycles. The Morgan fingerprint density at radius 1 is 1.20 bits per heavy atom. The molecule has 0 aliphatic carbocycles. The fourth-order valence-electron chi connectivity index (χ4n) is 1.47. The minimum Gasteiger partial charge on any atom is -0.355 e. The van der Waals surface area contributed by atoms with Crippen LogP contribution in [0.15, 0.2) is 0 Å². The number of hydrogen-bond acceptors (Lipinski definition) is 3. The fraction of sp³-hybridized carbons (Fsp3) is 0.833. The minimum absolute atomic E-state index is 0.0429. The van der Waals surface area contributed by atoms with Crippen LogP contribution in [0.25, 0.3) is 0 Å². The molecule has 1 unspecified atom stereocenters. The third kappa shape index (κ3) is 4.99. The summed E-state index contributed by atoms with van der Waals surface area (Å²) in [5, 5.41) is 2.51. The molecule has 0 fully saturated rings. The van der Waals surface area contributed by atoms with Crippen LogP contribution in [0.4, 0.5) is 13.2 Å². The molecule has 0 aromatic rings. The summed E-state index contributed by atoms with van der Waals surface area (Å²) >= 11 is 0. The highest BCUT2D eigenvalue weighted by Gasteiger charge is 2.55. The van der Waals surface area contributed by atoms with Gasteiger partial charge in [0.15, 0.2) is 5.54 Å². The molecule has 2 amide bonds. The van der Waals surface area contributed by atoms with Gasteiger partial charge in [-0.15, -0.1) is 0 Å². The van der Waals surface area contributed by atoms with Crippen LogP contribution in [0.1, 0.15) is 33.6 Å². The van der Waals surface area contributed by atoms with E-state index in [-0.39, 0.29) is 6.54 Å². The van der Waals surface area contributed by atoms with Crippen molar-refractivity contribution in [1.29, 1.82) is 0 Å². The first kappa shape index (κ1) is 18.7. The Hall–Kier alpha value is -1.31. The minimum atomic E-state index is -4.87. The molecule has 3 N–H and O–H groups in total. The maximum atomic E-state index is 12.8. The normalized spacial score (nSPS) is 14.6. The number of amides is 2. The van der Waals surface area contributed by atoms with E-state index >= 15 is 0 Å². The van der Waals surface area contributed by atoms with Crippen molar-refractivity contribution in [3.05, 3.63) is 0 Å². The average molecular weight is 297 g/mol. The number of halogens is 3. The Labute approximate surface area is 116 Å². The molecule has 0 aromatic carbocycles. The van der Waals surface area contributed by atoms with Gasteiger partial charge in [-0.25, -0.2) is 0 Å². The van der Waals surface area contributed by atoms with Gasteiger partial charge in [0.25, 0.3) is 5.91 Å². The van der Waals surface area contributed by atoms with Crippen LogP contribution in [0.3, 0.4) is 0 Å². The van der Waals surface area contributed by atoms with Crippen molar-refractivity contribution in [2.45, 2.75) is 45.3 Å². The van der Waals surface area contributed by atoms with Crippen LogP contribution in [0.2, 0.25) is 0 Å².